The van der Waals surface area contributed by atoms with Crippen molar-refractivity contribution in [3.8, 4) is 6.07 Å². The fourth-order valence-electron chi connectivity index (χ4n) is 3.03. The number of amides is 1. The summed E-state index contributed by atoms with van der Waals surface area (Å²) in [5, 5.41) is 22.6. The van der Waals surface area contributed by atoms with E-state index < -0.39 is 10.8 Å². The van der Waals surface area contributed by atoms with E-state index in [1.807, 2.05) is 11.0 Å². The molecule has 1 aliphatic heterocycles. The highest BCUT2D eigenvalue weighted by Crippen LogP contribution is 2.22. The van der Waals surface area contributed by atoms with Crippen LogP contribution in [0.25, 0.3) is 0 Å². The Labute approximate surface area is 140 Å². The number of non-ortho nitro benzene ring substituents is 1. The number of carbonyl (C=O) groups is 1. The molecule has 2 atom stereocenters. The summed E-state index contributed by atoms with van der Waals surface area (Å²) < 4.78 is 0. The Morgan fingerprint density at radius 2 is 2.08 bits per heavy atom. The molecule has 1 aromatic rings. The lowest BCUT2D eigenvalue weighted by atomic mass is 9.92. The molecule has 1 fully saturated rings. The van der Waals surface area contributed by atoms with Crippen LogP contribution in [0.5, 0.6) is 0 Å². The van der Waals surface area contributed by atoms with E-state index in [1.54, 1.807) is 12.3 Å². The summed E-state index contributed by atoms with van der Waals surface area (Å²) in [7, 11) is 0. The van der Waals surface area contributed by atoms with Crippen LogP contribution in [0, 0.1) is 33.3 Å². The number of nitro groups is 1. The minimum atomic E-state index is -0.566. The Hall–Kier alpha value is -2.88. The molecular weight excluding hydrogens is 308 g/mol. The third kappa shape index (κ3) is 4.56. The molecule has 0 bridgehead atoms. The molecule has 1 saturated heterocycles. The van der Waals surface area contributed by atoms with Gasteiger partial charge in [-0.1, -0.05) is 19.9 Å². The van der Waals surface area contributed by atoms with Gasteiger partial charge in [-0.25, -0.2) is 0 Å². The van der Waals surface area contributed by atoms with Gasteiger partial charge >= 0.3 is 0 Å². The molecular formula is C17H20N4O3. The van der Waals surface area contributed by atoms with Gasteiger partial charge in [0.2, 0.25) is 0 Å². The van der Waals surface area contributed by atoms with Gasteiger partial charge in [0.15, 0.2) is 0 Å². The number of anilines is 1. The normalized spacial score (nSPS) is 21.0. The number of nitro benzene ring substituents is 1. The van der Waals surface area contributed by atoms with Crippen LogP contribution in [-0.4, -0.2) is 28.8 Å². The van der Waals surface area contributed by atoms with Crippen LogP contribution in [-0.2, 0) is 4.79 Å². The lowest BCUT2D eigenvalue weighted by Crippen LogP contribution is -2.35. The molecule has 7 heteroatoms. The summed E-state index contributed by atoms with van der Waals surface area (Å²) in [5.41, 5.74) is 0.160. The van der Waals surface area contributed by atoms with Gasteiger partial charge in [-0.05, 0) is 24.3 Å². The third-order valence-corrected chi connectivity index (χ3v) is 3.89. The van der Waals surface area contributed by atoms with Crippen LogP contribution in [0.2, 0.25) is 0 Å². The van der Waals surface area contributed by atoms with Crippen molar-refractivity contribution < 1.29 is 9.72 Å². The minimum absolute atomic E-state index is 0.0113. The van der Waals surface area contributed by atoms with Crippen LogP contribution in [0.15, 0.2) is 36.0 Å². The van der Waals surface area contributed by atoms with E-state index in [-0.39, 0.29) is 16.9 Å². The van der Waals surface area contributed by atoms with E-state index in [0.717, 1.165) is 19.5 Å². The summed E-state index contributed by atoms with van der Waals surface area (Å²) in [6, 6.07) is 7.54. The van der Waals surface area contributed by atoms with Gasteiger partial charge in [0, 0.05) is 37.1 Å². The Kier molecular flexibility index (Phi) is 5.53. The first-order valence-corrected chi connectivity index (χ1v) is 7.80. The van der Waals surface area contributed by atoms with Crippen LogP contribution in [0.3, 0.4) is 0 Å². The van der Waals surface area contributed by atoms with Crippen molar-refractivity contribution in [2.45, 2.75) is 20.3 Å². The maximum atomic E-state index is 12.3. The molecule has 2 rings (SSSR count). The van der Waals surface area contributed by atoms with Crippen LogP contribution in [0.4, 0.5) is 11.4 Å². The summed E-state index contributed by atoms with van der Waals surface area (Å²) in [4.78, 5) is 24.5. The zero-order chi connectivity index (χ0) is 17.7. The van der Waals surface area contributed by atoms with Gasteiger partial charge in [0.25, 0.3) is 11.6 Å². The molecule has 1 aromatic carbocycles. The van der Waals surface area contributed by atoms with Gasteiger partial charge in [-0.15, -0.1) is 0 Å². The third-order valence-electron chi connectivity index (χ3n) is 3.89. The average molecular weight is 328 g/mol. The smallest absolute Gasteiger partial charge is 0.271 e. The van der Waals surface area contributed by atoms with Crippen molar-refractivity contribution in [2.75, 3.05) is 18.4 Å². The molecule has 2 unspecified atom stereocenters. The average Bonchev–Trinajstić information content (AvgIpc) is 2.51. The first-order valence-electron chi connectivity index (χ1n) is 7.80. The Morgan fingerprint density at radius 3 is 2.67 bits per heavy atom. The van der Waals surface area contributed by atoms with Crippen LogP contribution >= 0.6 is 0 Å². The van der Waals surface area contributed by atoms with Gasteiger partial charge < -0.3 is 10.2 Å². The molecule has 0 radical (unpaired) electrons. The fourth-order valence-corrected chi connectivity index (χ4v) is 3.03. The SMILES string of the molecule is CC1CC(C)CN(/C=C(/C#N)C(=O)Nc2cccc([N+](=O)[O-])c2)C1. The fraction of sp³-hybridized carbons (Fsp3) is 0.412. The van der Waals surface area contributed by atoms with E-state index in [1.165, 1.54) is 18.2 Å². The number of likely N-dealkylation sites (tertiary alicyclic amines) is 1. The second kappa shape index (κ2) is 7.59. The zero-order valence-electron chi connectivity index (χ0n) is 13.7. The predicted octanol–water partition coefficient (Wildman–Crippen LogP) is 2.92. The van der Waals surface area contributed by atoms with Crippen molar-refractivity contribution in [1.29, 1.82) is 5.26 Å². The highest BCUT2D eigenvalue weighted by molar-refractivity contribution is 6.06. The van der Waals surface area contributed by atoms with Gasteiger partial charge in [0.1, 0.15) is 11.6 Å². The van der Waals surface area contributed by atoms with Crippen molar-refractivity contribution >= 4 is 17.3 Å². The highest BCUT2D eigenvalue weighted by Gasteiger charge is 2.21. The number of hydrogen-bond acceptors (Lipinski definition) is 5. The maximum absolute atomic E-state index is 12.3. The molecule has 7 nitrogen and oxygen atoms in total. The monoisotopic (exact) mass is 328 g/mol. The number of hydrogen-bond donors (Lipinski definition) is 1. The molecule has 1 aliphatic rings. The number of nitrogens with zero attached hydrogens (tertiary/aromatic N) is 3. The molecule has 24 heavy (non-hydrogen) atoms. The second-order valence-corrected chi connectivity index (χ2v) is 6.32. The van der Waals surface area contributed by atoms with Gasteiger partial charge in [-0.2, -0.15) is 5.26 Å². The number of benzene rings is 1. The Bertz CT molecular complexity index is 698. The Morgan fingerprint density at radius 1 is 1.42 bits per heavy atom. The first-order chi connectivity index (χ1) is 11.4. The summed E-state index contributed by atoms with van der Waals surface area (Å²) in [5.74, 6) is 0.443. The Balaban J connectivity index is 2.11. The highest BCUT2D eigenvalue weighted by atomic mass is 16.6. The van der Waals surface area contributed by atoms with Gasteiger partial charge in [0.05, 0.1) is 4.92 Å². The van der Waals surface area contributed by atoms with Crippen molar-refractivity contribution in [3.05, 3.63) is 46.2 Å². The van der Waals surface area contributed by atoms with Crippen molar-refractivity contribution in [1.82, 2.24) is 4.90 Å². The van der Waals surface area contributed by atoms with E-state index in [4.69, 9.17) is 0 Å². The number of carbonyl (C=O) groups excluding carboxylic acids is 1. The second-order valence-electron chi connectivity index (χ2n) is 6.32. The lowest BCUT2D eigenvalue weighted by molar-refractivity contribution is -0.384. The molecule has 1 heterocycles. The maximum Gasteiger partial charge on any atom is 0.271 e. The largest absolute Gasteiger partial charge is 0.376 e. The first kappa shape index (κ1) is 17.5. The van der Waals surface area contributed by atoms with Crippen molar-refractivity contribution in [2.24, 2.45) is 11.8 Å². The molecule has 126 valence electrons. The molecule has 0 aliphatic carbocycles. The molecule has 0 aromatic heterocycles. The zero-order valence-corrected chi connectivity index (χ0v) is 13.7. The molecule has 1 amide bonds. The summed E-state index contributed by atoms with van der Waals surface area (Å²) in [6.07, 6.45) is 2.71. The molecule has 0 saturated carbocycles. The minimum Gasteiger partial charge on any atom is -0.376 e. The van der Waals surface area contributed by atoms with Crippen LogP contribution < -0.4 is 5.32 Å². The topological polar surface area (TPSA) is 99.3 Å². The number of nitriles is 1. The van der Waals surface area contributed by atoms with E-state index in [9.17, 15) is 20.2 Å². The number of piperidine rings is 1. The number of rotatable bonds is 4. The summed E-state index contributed by atoms with van der Waals surface area (Å²) in [6.45, 7) is 5.90. The molecule has 0 spiro atoms. The standard InChI is InChI=1S/C17H20N4O3/c1-12-6-13(2)10-20(9-12)11-14(8-18)17(22)19-15-4-3-5-16(7-15)21(23)24/h3-5,7,11-13H,6,9-10H2,1-2H3,(H,19,22)/b14-11-. The van der Waals surface area contributed by atoms with E-state index >= 15 is 0 Å². The summed E-state index contributed by atoms with van der Waals surface area (Å²) >= 11 is 0. The van der Waals surface area contributed by atoms with E-state index in [2.05, 4.69) is 19.2 Å². The van der Waals surface area contributed by atoms with Crippen molar-refractivity contribution in [3.63, 3.8) is 0 Å². The number of nitrogens with one attached hydrogen (secondary N) is 1. The lowest BCUT2D eigenvalue weighted by Gasteiger charge is -2.34. The van der Waals surface area contributed by atoms with Crippen LogP contribution in [0.1, 0.15) is 20.3 Å². The predicted molar refractivity (Wildman–Crippen MR) is 89.9 cm³/mol. The van der Waals surface area contributed by atoms with E-state index in [0.29, 0.717) is 11.8 Å². The quantitative estimate of drug-likeness (QED) is 0.396. The van der Waals surface area contributed by atoms with Gasteiger partial charge in [-0.3, -0.25) is 14.9 Å². The molecule has 1 N–H and O–H groups in total.